The molecule has 1 atom stereocenters. The molecule has 2 aliphatic rings. The highest BCUT2D eigenvalue weighted by Crippen LogP contribution is 2.37. The monoisotopic (exact) mass is 263 g/mol. The maximum atomic E-state index is 4.03. The molecule has 0 aromatic heterocycles. The lowest BCUT2D eigenvalue weighted by Gasteiger charge is -2.23. The molecule has 2 aliphatic carbocycles. The molecule has 2 saturated carbocycles. The molecule has 0 aliphatic heterocycles. The third-order valence-corrected chi connectivity index (χ3v) is 5.80. The summed E-state index contributed by atoms with van der Waals surface area (Å²) >= 11 is 0. The average Bonchev–Trinajstić information content (AvgIpc) is 3.11. The molecule has 0 nitrogen and oxygen atoms in total. The standard InChI is InChI=1S/C19H35/c1-2-3-13-18(19-15-8-9-16-19)14-7-6-12-17-10-4-5-11-17/h17-19H,1-16H2. The predicted octanol–water partition coefficient (Wildman–Crippen LogP) is 6.55. The van der Waals surface area contributed by atoms with E-state index in [1.807, 2.05) is 0 Å². The molecule has 0 spiro atoms. The molecule has 0 bridgehead atoms. The van der Waals surface area contributed by atoms with Gasteiger partial charge in [0.2, 0.25) is 0 Å². The van der Waals surface area contributed by atoms with Crippen LogP contribution in [0.5, 0.6) is 0 Å². The largest absolute Gasteiger partial charge is 0.0533 e. The molecule has 0 amide bonds. The van der Waals surface area contributed by atoms with E-state index in [0.717, 1.165) is 24.2 Å². The van der Waals surface area contributed by atoms with E-state index in [9.17, 15) is 0 Å². The van der Waals surface area contributed by atoms with Crippen molar-refractivity contribution in [2.24, 2.45) is 17.8 Å². The predicted molar refractivity (Wildman–Crippen MR) is 85.1 cm³/mol. The van der Waals surface area contributed by atoms with Gasteiger partial charge in [-0.25, -0.2) is 0 Å². The Kier molecular flexibility index (Phi) is 7.32. The Morgan fingerprint density at radius 3 is 2.11 bits per heavy atom. The minimum Gasteiger partial charge on any atom is -0.0533 e. The summed E-state index contributed by atoms with van der Waals surface area (Å²) in [6, 6.07) is 0. The first kappa shape index (κ1) is 15.4. The molecule has 1 radical (unpaired) electrons. The van der Waals surface area contributed by atoms with Gasteiger partial charge in [-0.3, -0.25) is 0 Å². The fourth-order valence-corrected chi connectivity index (χ4v) is 4.59. The van der Waals surface area contributed by atoms with Gasteiger partial charge >= 0.3 is 0 Å². The Labute approximate surface area is 121 Å². The van der Waals surface area contributed by atoms with E-state index in [1.165, 1.54) is 89.9 Å². The third kappa shape index (κ3) is 5.48. The zero-order valence-corrected chi connectivity index (χ0v) is 13.0. The number of hydrogen-bond donors (Lipinski definition) is 0. The van der Waals surface area contributed by atoms with E-state index in [0.29, 0.717) is 0 Å². The van der Waals surface area contributed by atoms with Gasteiger partial charge in [-0.05, 0) is 17.8 Å². The van der Waals surface area contributed by atoms with E-state index >= 15 is 0 Å². The minimum atomic E-state index is 1.05. The maximum absolute atomic E-state index is 4.03. The summed E-state index contributed by atoms with van der Waals surface area (Å²) in [4.78, 5) is 0. The number of rotatable bonds is 9. The molecule has 111 valence electrons. The van der Waals surface area contributed by atoms with Crippen molar-refractivity contribution in [2.75, 3.05) is 0 Å². The summed E-state index contributed by atoms with van der Waals surface area (Å²) in [5.41, 5.74) is 0. The summed E-state index contributed by atoms with van der Waals surface area (Å²) in [6.45, 7) is 4.03. The Morgan fingerprint density at radius 1 is 0.789 bits per heavy atom. The molecule has 19 heavy (non-hydrogen) atoms. The number of unbranched alkanes of at least 4 members (excludes halogenated alkanes) is 2. The van der Waals surface area contributed by atoms with Crippen LogP contribution in [0.1, 0.15) is 96.3 Å². The van der Waals surface area contributed by atoms with Gasteiger partial charge in [0.25, 0.3) is 0 Å². The summed E-state index contributed by atoms with van der Waals surface area (Å²) in [7, 11) is 0. The molecule has 0 heteroatoms. The molecule has 1 unspecified atom stereocenters. The van der Waals surface area contributed by atoms with Gasteiger partial charge in [0.05, 0.1) is 0 Å². The van der Waals surface area contributed by atoms with Gasteiger partial charge in [0.1, 0.15) is 0 Å². The van der Waals surface area contributed by atoms with Crippen LogP contribution in [0.3, 0.4) is 0 Å². The average molecular weight is 263 g/mol. The van der Waals surface area contributed by atoms with Crippen LogP contribution in [0.15, 0.2) is 0 Å². The molecule has 0 N–H and O–H groups in total. The molecular weight excluding hydrogens is 228 g/mol. The smallest absolute Gasteiger partial charge is 0.0386 e. The van der Waals surface area contributed by atoms with Crippen LogP contribution in [0.2, 0.25) is 0 Å². The van der Waals surface area contributed by atoms with Crippen molar-refractivity contribution in [1.82, 2.24) is 0 Å². The van der Waals surface area contributed by atoms with Crippen LogP contribution in [-0.4, -0.2) is 0 Å². The normalized spacial score (nSPS) is 23.2. The topological polar surface area (TPSA) is 0 Å². The third-order valence-electron chi connectivity index (χ3n) is 5.80. The van der Waals surface area contributed by atoms with E-state index in [-0.39, 0.29) is 0 Å². The summed E-state index contributed by atoms with van der Waals surface area (Å²) in [5, 5.41) is 0. The Hall–Kier alpha value is 0. The second-order valence-corrected chi connectivity index (χ2v) is 7.24. The second-order valence-electron chi connectivity index (χ2n) is 7.24. The van der Waals surface area contributed by atoms with Crippen molar-refractivity contribution in [1.29, 1.82) is 0 Å². The summed E-state index contributed by atoms with van der Waals surface area (Å²) < 4.78 is 0. The van der Waals surface area contributed by atoms with Gasteiger partial charge in [-0.1, -0.05) is 103 Å². The molecule has 0 heterocycles. The zero-order chi connectivity index (χ0) is 13.3. The highest BCUT2D eigenvalue weighted by Gasteiger charge is 2.24. The molecule has 0 aromatic rings. The molecule has 2 rings (SSSR count). The SMILES string of the molecule is [CH2]CCCC(CCCCC1CCCC1)C1CCCC1. The van der Waals surface area contributed by atoms with Crippen molar-refractivity contribution in [3.63, 3.8) is 0 Å². The Balaban J connectivity index is 1.60. The Morgan fingerprint density at radius 2 is 1.42 bits per heavy atom. The van der Waals surface area contributed by atoms with E-state index < -0.39 is 0 Å². The first-order valence-electron chi connectivity index (χ1n) is 9.19. The highest BCUT2D eigenvalue weighted by molar-refractivity contribution is 4.76. The van der Waals surface area contributed by atoms with E-state index in [2.05, 4.69) is 6.92 Å². The maximum Gasteiger partial charge on any atom is -0.0386 e. The van der Waals surface area contributed by atoms with Crippen molar-refractivity contribution in [2.45, 2.75) is 96.3 Å². The fraction of sp³-hybridized carbons (Fsp3) is 0.947. The number of hydrogen-bond acceptors (Lipinski definition) is 0. The molecule has 0 saturated heterocycles. The van der Waals surface area contributed by atoms with E-state index in [4.69, 9.17) is 0 Å². The lowest BCUT2D eigenvalue weighted by molar-refractivity contribution is 0.282. The lowest BCUT2D eigenvalue weighted by atomic mass is 9.82. The van der Waals surface area contributed by atoms with Crippen molar-refractivity contribution < 1.29 is 0 Å². The first-order chi connectivity index (χ1) is 9.40. The van der Waals surface area contributed by atoms with Crippen LogP contribution in [-0.2, 0) is 0 Å². The van der Waals surface area contributed by atoms with Gasteiger partial charge in [0, 0.05) is 0 Å². The van der Waals surface area contributed by atoms with Crippen LogP contribution in [0.25, 0.3) is 0 Å². The fourth-order valence-electron chi connectivity index (χ4n) is 4.59. The van der Waals surface area contributed by atoms with Crippen LogP contribution >= 0.6 is 0 Å². The van der Waals surface area contributed by atoms with Crippen molar-refractivity contribution in [3.05, 3.63) is 6.92 Å². The molecule has 2 fully saturated rings. The van der Waals surface area contributed by atoms with Gasteiger partial charge < -0.3 is 0 Å². The van der Waals surface area contributed by atoms with Crippen molar-refractivity contribution >= 4 is 0 Å². The highest BCUT2D eigenvalue weighted by atomic mass is 14.3. The Bertz CT molecular complexity index is 208. The molecule has 0 aromatic carbocycles. The zero-order valence-electron chi connectivity index (χ0n) is 13.0. The second kappa shape index (κ2) is 9.03. The quantitative estimate of drug-likeness (QED) is 0.414. The van der Waals surface area contributed by atoms with Gasteiger partial charge in [-0.15, -0.1) is 0 Å². The lowest BCUT2D eigenvalue weighted by Crippen LogP contribution is -2.12. The van der Waals surface area contributed by atoms with Crippen LogP contribution in [0.4, 0.5) is 0 Å². The van der Waals surface area contributed by atoms with Gasteiger partial charge in [-0.2, -0.15) is 0 Å². The first-order valence-corrected chi connectivity index (χ1v) is 9.19. The summed E-state index contributed by atoms with van der Waals surface area (Å²) in [5.74, 6) is 3.23. The van der Waals surface area contributed by atoms with E-state index in [1.54, 1.807) is 0 Å². The van der Waals surface area contributed by atoms with Crippen LogP contribution in [0, 0.1) is 24.7 Å². The molecular formula is C19H35. The van der Waals surface area contributed by atoms with Gasteiger partial charge in [0.15, 0.2) is 0 Å². The minimum absolute atomic E-state index is 1.05. The van der Waals surface area contributed by atoms with Crippen LogP contribution < -0.4 is 0 Å². The van der Waals surface area contributed by atoms with Crippen molar-refractivity contribution in [3.8, 4) is 0 Å². The summed E-state index contributed by atoms with van der Waals surface area (Å²) in [6.07, 6.45) is 22.2.